The van der Waals surface area contributed by atoms with Crippen molar-refractivity contribution in [1.29, 1.82) is 0 Å². The van der Waals surface area contributed by atoms with Crippen molar-refractivity contribution in [3.05, 3.63) is 67.1 Å². The summed E-state index contributed by atoms with van der Waals surface area (Å²) in [6, 6.07) is 11.0. The molecule has 0 N–H and O–H groups in total. The molecule has 7 heteroatoms. The summed E-state index contributed by atoms with van der Waals surface area (Å²) in [6.07, 6.45) is 1.62. The van der Waals surface area contributed by atoms with Gasteiger partial charge in [-0.3, -0.25) is 4.79 Å². The van der Waals surface area contributed by atoms with Gasteiger partial charge in [-0.05, 0) is 64.8 Å². The monoisotopic (exact) mass is 449 g/mol. The number of nitrogens with zero attached hydrogens (tertiary/aromatic N) is 3. The molecule has 122 valence electrons. The van der Waals surface area contributed by atoms with E-state index in [9.17, 15) is 4.79 Å². The molecule has 0 aliphatic heterocycles. The lowest BCUT2D eigenvalue weighted by atomic mass is 10.2. The summed E-state index contributed by atoms with van der Waals surface area (Å²) in [7, 11) is 1.61. The number of methoxy groups -OCH3 is 1. The van der Waals surface area contributed by atoms with E-state index in [-0.39, 0.29) is 5.56 Å². The van der Waals surface area contributed by atoms with Crippen molar-refractivity contribution < 1.29 is 4.74 Å². The fourth-order valence-corrected chi connectivity index (χ4v) is 3.20. The van der Waals surface area contributed by atoms with Gasteiger partial charge in [-0.25, -0.2) is 4.98 Å². The maximum Gasteiger partial charge on any atom is 0.282 e. The highest BCUT2D eigenvalue weighted by Crippen LogP contribution is 2.24. The molecule has 5 nitrogen and oxygen atoms in total. The number of ether oxygens (including phenoxy) is 1. The van der Waals surface area contributed by atoms with E-state index >= 15 is 0 Å². The molecule has 0 fully saturated rings. The largest absolute Gasteiger partial charge is 0.496 e. The van der Waals surface area contributed by atoms with Gasteiger partial charge in [0.05, 0.1) is 28.7 Å². The molecule has 24 heavy (non-hydrogen) atoms. The standard InChI is InChI=1S/C17H13Br2N3O2/c1-10-21-15-5-4-12(18)8-13(15)17(23)22(10)20-9-11-3-6-16(24-2)14(19)7-11/h3-9H,1-2H3. The molecule has 0 bridgehead atoms. The summed E-state index contributed by atoms with van der Waals surface area (Å²) in [5, 5.41) is 4.81. The number of rotatable bonds is 3. The van der Waals surface area contributed by atoms with Crippen LogP contribution in [0.25, 0.3) is 10.9 Å². The molecule has 0 unspecified atom stereocenters. The van der Waals surface area contributed by atoms with Gasteiger partial charge in [0.1, 0.15) is 11.6 Å². The highest BCUT2D eigenvalue weighted by Gasteiger charge is 2.08. The second-order valence-corrected chi connectivity index (χ2v) is 6.85. The van der Waals surface area contributed by atoms with Crippen molar-refractivity contribution in [3.8, 4) is 5.75 Å². The lowest BCUT2D eigenvalue weighted by molar-refractivity contribution is 0.412. The Morgan fingerprint density at radius 2 is 2.00 bits per heavy atom. The van der Waals surface area contributed by atoms with Crippen LogP contribution in [0, 0.1) is 6.92 Å². The second-order valence-electron chi connectivity index (χ2n) is 5.08. The summed E-state index contributed by atoms with van der Waals surface area (Å²) in [6.45, 7) is 1.75. The Morgan fingerprint density at radius 1 is 1.21 bits per heavy atom. The van der Waals surface area contributed by atoms with E-state index in [1.807, 2.05) is 30.3 Å². The van der Waals surface area contributed by atoms with Crippen molar-refractivity contribution in [2.24, 2.45) is 5.10 Å². The summed E-state index contributed by atoms with van der Waals surface area (Å²) >= 11 is 6.81. The van der Waals surface area contributed by atoms with E-state index in [0.717, 1.165) is 20.3 Å². The predicted molar refractivity (Wildman–Crippen MR) is 102 cm³/mol. The molecule has 3 aromatic rings. The normalized spacial score (nSPS) is 11.3. The van der Waals surface area contributed by atoms with E-state index in [1.54, 1.807) is 26.3 Å². The quantitative estimate of drug-likeness (QED) is 0.564. The Hall–Kier alpha value is -1.99. The molecule has 0 spiro atoms. The topological polar surface area (TPSA) is 56.5 Å². The number of aryl methyl sites for hydroxylation is 1. The van der Waals surface area contributed by atoms with E-state index in [1.165, 1.54) is 4.68 Å². The van der Waals surface area contributed by atoms with E-state index in [2.05, 4.69) is 41.9 Å². The Kier molecular flexibility index (Phi) is 4.82. The number of benzene rings is 2. The second kappa shape index (κ2) is 6.86. The molecule has 0 aliphatic rings. The molecule has 1 heterocycles. The molecule has 0 atom stereocenters. The molecule has 2 aromatic carbocycles. The maximum absolute atomic E-state index is 12.6. The van der Waals surface area contributed by atoms with Gasteiger partial charge < -0.3 is 4.74 Å². The Bertz CT molecular complexity index is 1010. The number of aromatic nitrogens is 2. The van der Waals surface area contributed by atoms with Gasteiger partial charge in [-0.1, -0.05) is 15.9 Å². The van der Waals surface area contributed by atoms with Crippen molar-refractivity contribution in [3.63, 3.8) is 0 Å². The molecule has 0 saturated carbocycles. The minimum Gasteiger partial charge on any atom is -0.496 e. The van der Waals surface area contributed by atoms with E-state index in [0.29, 0.717) is 16.7 Å². The third-order valence-electron chi connectivity index (χ3n) is 3.47. The fourth-order valence-electron chi connectivity index (χ4n) is 2.28. The van der Waals surface area contributed by atoms with Crippen molar-refractivity contribution >= 4 is 49.0 Å². The minimum atomic E-state index is -0.206. The van der Waals surface area contributed by atoms with E-state index < -0.39 is 0 Å². The van der Waals surface area contributed by atoms with Crippen LogP contribution in [-0.4, -0.2) is 23.0 Å². The van der Waals surface area contributed by atoms with Crippen LogP contribution < -0.4 is 10.3 Å². The zero-order chi connectivity index (χ0) is 17.3. The maximum atomic E-state index is 12.6. The fraction of sp³-hybridized carbons (Fsp3) is 0.118. The average Bonchev–Trinajstić information content (AvgIpc) is 2.55. The van der Waals surface area contributed by atoms with Crippen LogP contribution in [0.2, 0.25) is 0 Å². The first-order chi connectivity index (χ1) is 11.5. The predicted octanol–water partition coefficient (Wildman–Crippen LogP) is 4.12. The van der Waals surface area contributed by atoms with Crippen LogP contribution in [0.4, 0.5) is 0 Å². The first kappa shape index (κ1) is 16.9. The number of hydrogen-bond acceptors (Lipinski definition) is 4. The summed E-state index contributed by atoms with van der Waals surface area (Å²) in [5.41, 5.74) is 1.28. The van der Waals surface area contributed by atoms with Crippen molar-refractivity contribution in [1.82, 2.24) is 9.66 Å². The number of hydrogen-bond donors (Lipinski definition) is 0. The molecule has 0 saturated heterocycles. The SMILES string of the molecule is COc1ccc(C=Nn2c(C)nc3ccc(Br)cc3c2=O)cc1Br. The molecular formula is C17H13Br2N3O2. The first-order valence-corrected chi connectivity index (χ1v) is 8.65. The zero-order valence-corrected chi connectivity index (χ0v) is 16.1. The Labute approximate surface area is 155 Å². The van der Waals surface area contributed by atoms with Crippen molar-refractivity contribution in [2.45, 2.75) is 6.92 Å². The van der Waals surface area contributed by atoms with Gasteiger partial charge >= 0.3 is 0 Å². The average molecular weight is 451 g/mol. The molecule has 0 aliphatic carbocycles. The molecule has 0 radical (unpaired) electrons. The lowest BCUT2D eigenvalue weighted by Gasteiger charge is -2.06. The Balaban J connectivity index is 2.06. The summed E-state index contributed by atoms with van der Waals surface area (Å²) in [5.74, 6) is 1.26. The third-order valence-corrected chi connectivity index (χ3v) is 4.58. The van der Waals surface area contributed by atoms with Gasteiger partial charge in [0.25, 0.3) is 5.56 Å². The molecule has 0 amide bonds. The highest BCUT2D eigenvalue weighted by atomic mass is 79.9. The van der Waals surface area contributed by atoms with Gasteiger partial charge in [-0.2, -0.15) is 9.78 Å². The first-order valence-electron chi connectivity index (χ1n) is 7.06. The minimum absolute atomic E-state index is 0.206. The molecular weight excluding hydrogens is 438 g/mol. The van der Waals surface area contributed by atoms with Crippen molar-refractivity contribution in [2.75, 3.05) is 7.11 Å². The van der Waals surface area contributed by atoms with Crippen LogP contribution in [0.1, 0.15) is 11.4 Å². The number of fused-ring (bicyclic) bond motifs is 1. The summed E-state index contributed by atoms with van der Waals surface area (Å²) in [4.78, 5) is 17.1. The molecule has 1 aromatic heterocycles. The zero-order valence-electron chi connectivity index (χ0n) is 13.0. The summed E-state index contributed by atoms with van der Waals surface area (Å²) < 4.78 is 8.14. The van der Waals surface area contributed by atoms with Crippen LogP contribution in [0.15, 0.2) is 55.2 Å². The van der Waals surface area contributed by atoms with Gasteiger partial charge in [0.2, 0.25) is 0 Å². The van der Waals surface area contributed by atoms with Crippen LogP contribution in [0.3, 0.4) is 0 Å². The Morgan fingerprint density at radius 3 is 2.71 bits per heavy atom. The van der Waals surface area contributed by atoms with Crippen LogP contribution >= 0.6 is 31.9 Å². The van der Waals surface area contributed by atoms with Gasteiger partial charge in [0.15, 0.2) is 0 Å². The van der Waals surface area contributed by atoms with Gasteiger partial charge in [0, 0.05) is 4.47 Å². The molecule has 3 rings (SSSR count). The third kappa shape index (κ3) is 3.27. The lowest BCUT2D eigenvalue weighted by Crippen LogP contribution is -2.20. The van der Waals surface area contributed by atoms with Crippen LogP contribution in [-0.2, 0) is 0 Å². The van der Waals surface area contributed by atoms with E-state index in [4.69, 9.17) is 4.74 Å². The smallest absolute Gasteiger partial charge is 0.282 e. The highest BCUT2D eigenvalue weighted by molar-refractivity contribution is 9.10. The van der Waals surface area contributed by atoms with Crippen LogP contribution in [0.5, 0.6) is 5.75 Å². The van der Waals surface area contributed by atoms with Gasteiger partial charge in [-0.15, -0.1) is 0 Å². The number of halogens is 2.